The number of aryl methyl sites for hydroxylation is 4. The molecule has 7 aromatic carbocycles. The fourth-order valence-corrected chi connectivity index (χ4v) is 8.42. The first-order chi connectivity index (χ1) is 37.3. The largest absolute Gasteiger partial charge is 0.264 e. The lowest BCUT2D eigenvalue weighted by atomic mass is 9.99. The van der Waals surface area contributed by atoms with Crippen molar-refractivity contribution in [1.29, 1.82) is 0 Å². The molecule has 0 aliphatic heterocycles. The van der Waals surface area contributed by atoms with Crippen LogP contribution in [-0.4, -0.2) is 39.9 Å². The zero-order valence-electron chi connectivity index (χ0n) is 43.0. The van der Waals surface area contributed by atoms with E-state index in [-0.39, 0.29) is 0 Å². The lowest BCUT2D eigenvalue weighted by molar-refractivity contribution is 0.992. The molecule has 8 nitrogen and oxygen atoms in total. The minimum Gasteiger partial charge on any atom is -0.264 e. The summed E-state index contributed by atoms with van der Waals surface area (Å²) in [6.45, 7) is 8.05. The summed E-state index contributed by atoms with van der Waals surface area (Å²) in [5.74, 6) is 2.95. The molecular weight excluding hydrogens is 929 g/mol. The normalized spacial score (nSPS) is 10.4. The van der Waals surface area contributed by atoms with Crippen LogP contribution in [0.5, 0.6) is 0 Å². The second-order valence-electron chi connectivity index (χ2n) is 17.9. The van der Waals surface area contributed by atoms with Crippen molar-refractivity contribution in [1.82, 2.24) is 39.9 Å². The van der Waals surface area contributed by atoms with E-state index in [4.69, 9.17) is 0 Å². The second kappa shape index (κ2) is 25.6. The van der Waals surface area contributed by atoms with Gasteiger partial charge in [0.25, 0.3) is 0 Å². The van der Waals surface area contributed by atoms with Gasteiger partial charge in [-0.1, -0.05) is 182 Å². The first-order valence-corrected chi connectivity index (χ1v) is 25.1. The maximum absolute atomic E-state index is 4.55. The Morgan fingerprint density at radius 2 is 0.605 bits per heavy atom. The van der Waals surface area contributed by atoms with Crippen LogP contribution in [0, 0.1) is 27.7 Å². The van der Waals surface area contributed by atoms with Crippen LogP contribution in [0.2, 0.25) is 0 Å². The molecule has 5 aromatic heterocycles. The molecule has 368 valence electrons. The van der Waals surface area contributed by atoms with E-state index in [9.17, 15) is 0 Å². The summed E-state index contributed by atoms with van der Waals surface area (Å²) in [7, 11) is 0. The highest BCUT2D eigenvalue weighted by Crippen LogP contribution is 2.29. The molecular formula is C68H56N8. The zero-order chi connectivity index (χ0) is 52.3. The summed E-state index contributed by atoms with van der Waals surface area (Å²) in [6, 6.07) is 81.8. The van der Waals surface area contributed by atoms with Crippen LogP contribution in [0.3, 0.4) is 0 Å². The monoisotopic (exact) mass is 984 g/mol. The number of rotatable bonds is 8. The van der Waals surface area contributed by atoms with Crippen LogP contribution in [0.4, 0.5) is 0 Å². The Labute approximate surface area is 445 Å². The molecule has 0 unspecified atom stereocenters. The van der Waals surface area contributed by atoms with Gasteiger partial charge in [-0.2, -0.15) is 0 Å². The van der Waals surface area contributed by atoms with Crippen molar-refractivity contribution in [3.63, 3.8) is 0 Å². The molecule has 12 rings (SSSR count). The summed E-state index contributed by atoms with van der Waals surface area (Å²) in [6.07, 6.45) is 7.33. The van der Waals surface area contributed by atoms with Gasteiger partial charge in [0.15, 0.2) is 11.6 Å². The van der Waals surface area contributed by atoms with Gasteiger partial charge < -0.3 is 0 Å². The molecule has 0 radical (unpaired) electrons. The third kappa shape index (κ3) is 14.2. The Morgan fingerprint density at radius 1 is 0.237 bits per heavy atom. The van der Waals surface area contributed by atoms with Crippen molar-refractivity contribution in [2.75, 3.05) is 0 Å². The summed E-state index contributed by atoms with van der Waals surface area (Å²) < 4.78 is 0. The minimum absolute atomic E-state index is 0.715. The van der Waals surface area contributed by atoms with Gasteiger partial charge in [0.05, 0.1) is 22.8 Å². The van der Waals surface area contributed by atoms with Gasteiger partial charge in [-0.15, -0.1) is 0 Å². The second-order valence-corrected chi connectivity index (χ2v) is 17.9. The molecule has 76 heavy (non-hydrogen) atoms. The number of aromatic nitrogens is 8. The van der Waals surface area contributed by atoms with E-state index in [0.717, 1.165) is 67.8 Å². The van der Waals surface area contributed by atoms with E-state index in [1.807, 2.05) is 184 Å². The first kappa shape index (κ1) is 51.0. The van der Waals surface area contributed by atoms with E-state index in [1.54, 1.807) is 6.20 Å². The standard InChI is InChI=1S/C18H15N.2C17H14N2.C16H13N3/c1-14-11-16(15-7-3-2-4-8-15)13-17(12-14)18-9-5-6-10-19-18;1-13-18-16(14-8-4-2-5-9-14)12-17(19-13)15-10-6-3-7-11-15;1-13-9-15(14-5-4-7-18-12-14)11-16(10-13)17-6-2-3-8-19-17;1-12-17-15(13-8-4-2-5-9-13)19-16(18-12)14-10-6-3-7-11-14/h2-13H,1H3;2*2-12H,1H3;2-11H,1H3. The Bertz CT molecular complexity index is 2970. The molecule has 0 aliphatic carbocycles. The molecule has 0 fully saturated rings. The van der Waals surface area contributed by atoms with Crippen LogP contribution >= 0.6 is 0 Å². The van der Waals surface area contributed by atoms with Crippen molar-refractivity contribution >= 4 is 0 Å². The van der Waals surface area contributed by atoms with Crippen molar-refractivity contribution in [2.45, 2.75) is 27.7 Å². The van der Waals surface area contributed by atoms with E-state index in [2.05, 4.69) is 145 Å². The van der Waals surface area contributed by atoms with Crippen molar-refractivity contribution in [3.8, 4) is 90.1 Å². The molecule has 0 saturated heterocycles. The molecule has 12 aromatic rings. The summed E-state index contributed by atoms with van der Waals surface area (Å²) in [4.78, 5) is 35.4. The lowest BCUT2D eigenvalue weighted by Gasteiger charge is -2.07. The molecule has 0 spiro atoms. The van der Waals surface area contributed by atoms with Gasteiger partial charge in [0.2, 0.25) is 0 Å². The Kier molecular flexibility index (Phi) is 17.2. The minimum atomic E-state index is 0.715. The van der Waals surface area contributed by atoms with Gasteiger partial charge in [-0.05, 0) is 116 Å². The van der Waals surface area contributed by atoms with Gasteiger partial charge in [0, 0.05) is 63.7 Å². The summed E-state index contributed by atoms with van der Waals surface area (Å²) >= 11 is 0. The fraction of sp³-hybridized carbons (Fsp3) is 0.0588. The molecule has 0 N–H and O–H groups in total. The van der Waals surface area contributed by atoms with Gasteiger partial charge >= 0.3 is 0 Å². The van der Waals surface area contributed by atoms with E-state index >= 15 is 0 Å². The predicted octanol–water partition coefficient (Wildman–Crippen LogP) is 16.5. The molecule has 0 atom stereocenters. The highest BCUT2D eigenvalue weighted by atomic mass is 15.0. The topological polar surface area (TPSA) is 103 Å². The SMILES string of the molecule is Cc1cc(-c2ccccc2)cc(-c2ccccn2)c1.Cc1cc(-c2cccnc2)cc(-c2ccccn2)c1.Cc1nc(-c2ccccc2)cc(-c2ccccc2)n1.Cc1nc(-c2ccccc2)nc(-c2ccccc2)n1. The highest BCUT2D eigenvalue weighted by Gasteiger charge is 2.10. The zero-order valence-corrected chi connectivity index (χ0v) is 43.0. The fourth-order valence-electron chi connectivity index (χ4n) is 8.42. The molecule has 0 bridgehead atoms. The first-order valence-electron chi connectivity index (χ1n) is 25.1. The quantitative estimate of drug-likeness (QED) is 0.148. The lowest BCUT2D eigenvalue weighted by Crippen LogP contribution is -1.99. The van der Waals surface area contributed by atoms with E-state index < -0.39 is 0 Å². The van der Waals surface area contributed by atoms with Gasteiger partial charge in [-0.3, -0.25) is 15.0 Å². The molecule has 0 amide bonds. The smallest absolute Gasteiger partial charge is 0.163 e. The predicted molar refractivity (Wildman–Crippen MR) is 311 cm³/mol. The van der Waals surface area contributed by atoms with Crippen molar-refractivity contribution in [3.05, 3.63) is 290 Å². The van der Waals surface area contributed by atoms with Gasteiger partial charge in [0.1, 0.15) is 11.6 Å². The van der Waals surface area contributed by atoms with Crippen LogP contribution in [-0.2, 0) is 0 Å². The maximum atomic E-state index is 4.55. The Morgan fingerprint density at radius 3 is 1.01 bits per heavy atom. The number of hydrogen-bond acceptors (Lipinski definition) is 8. The number of nitrogens with zero attached hydrogens (tertiary/aromatic N) is 8. The summed E-state index contributed by atoms with van der Waals surface area (Å²) in [5.41, 5.74) is 17.7. The number of benzene rings is 7. The Hall–Kier alpha value is -9.92. The maximum Gasteiger partial charge on any atom is 0.163 e. The third-order valence-corrected chi connectivity index (χ3v) is 12.0. The Balaban J connectivity index is 0.000000124. The molecule has 8 heteroatoms. The van der Waals surface area contributed by atoms with Crippen LogP contribution in [0.1, 0.15) is 22.8 Å². The molecule has 5 heterocycles. The van der Waals surface area contributed by atoms with E-state index in [1.165, 1.54) is 33.4 Å². The van der Waals surface area contributed by atoms with Crippen LogP contribution in [0.25, 0.3) is 90.1 Å². The van der Waals surface area contributed by atoms with E-state index in [0.29, 0.717) is 11.6 Å². The molecule has 0 aliphatic rings. The third-order valence-electron chi connectivity index (χ3n) is 12.0. The highest BCUT2D eigenvalue weighted by molar-refractivity contribution is 5.74. The summed E-state index contributed by atoms with van der Waals surface area (Å²) in [5, 5.41) is 0. The van der Waals surface area contributed by atoms with Crippen LogP contribution in [0.15, 0.2) is 267 Å². The van der Waals surface area contributed by atoms with Crippen LogP contribution < -0.4 is 0 Å². The van der Waals surface area contributed by atoms with Crippen molar-refractivity contribution < 1.29 is 0 Å². The average molecular weight is 985 g/mol. The number of pyridine rings is 3. The average Bonchev–Trinajstić information content (AvgIpc) is 3.49. The van der Waals surface area contributed by atoms with Gasteiger partial charge in [-0.25, -0.2) is 24.9 Å². The van der Waals surface area contributed by atoms with Crippen molar-refractivity contribution in [2.24, 2.45) is 0 Å². The number of hydrogen-bond donors (Lipinski definition) is 0. The molecule has 0 saturated carbocycles.